The van der Waals surface area contributed by atoms with Crippen LogP contribution in [-0.2, 0) is 4.79 Å². The first-order valence-electron chi connectivity index (χ1n) is 9.99. The van der Waals surface area contributed by atoms with Crippen LogP contribution in [-0.4, -0.2) is 75.0 Å². The highest BCUT2D eigenvalue weighted by molar-refractivity contribution is 5.81. The number of carbonyl (C=O) groups is 1. The molecule has 0 saturated heterocycles. The van der Waals surface area contributed by atoms with Crippen LogP contribution in [0.25, 0.3) is 0 Å². The third kappa shape index (κ3) is 13.6. The van der Waals surface area contributed by atoms with Crippen LogP contribution in [0, 0.1) is 0 Å². The average molecular weight is 356 g/mol. The Hall–Kier alpha value is -1.30. The summed E-state index contributed by atoms with van der Waals surface area (Å²) in [6.07, 6.45) is 6.73. The van der Waals surface area contributed by atoms with Crippen molar-refractivity contribution < 1.29 is 4.79 Å². The summed E-state index contributed by atoms with van der Waals surface area (Å²) < 4.78 is 0. The summed E-state index contributed by atoms with van der Waals surface area (Å²) in [4.78, 5) is 20.7. The standard InChI is InChI=1S/C19H41N5O/c1-6-20-19(22-16-14-18(25)24(7-2)8-3)21-15-12-10-9-11-13-17-23(4)5/h6-17H2,1-5H3,(H2,20,21,22). The molecule has 25 heavy (non-hydrogen) atoms. The van der Waals surface area contributed by atoms with Gasteiger partial charge in [0.15, 0.2) is 5.96 Å². The Morgan fingerprint density at radius 3 is 2.16 bits per heavy atom. The molecule has 0 radical (unpaired) electrons. The summed E-state index contributed by atoms with van der Waals surface area (Å²) >= 11 is 0. The summed E-state index contributed by atoms with van der Waals surface area (Å²) in [6, 6.07) is 0. The SMILES string of the molecule is CCNC(=NCCCCCCCN(C)C)NCCC(=O)N(CC)CC. The highest BCUT2D eigenvalue weighted by Crippen LogP contribution is 2.03. The number of hydrogen-bond acceptors (Lipinski definition) is 3. The first kappa shape index (κ1) is 23.7. The second kappa shape index (κ2) is 16.2. The van der Waals surface area contributed by atoms with Crippen molar-refractivity contribution in [3.05, 3.63) is 0 Å². The van der Waals surface area contributed by atoms with E-state index in [1.165, 1.54) is 32.2 Å². The van der Waals surface area contributed by atoms with Gasteiger partial charge in [-0.1, -0.05) is 19.3 Å². The fourth-order valence-corrected chi connectivity index (χ4v) is 2.63. The van der Waals surface area contributed by atoms with Gasteiger partial charge in [0.2, 0.25) is 5.91 Å². The van der Waals surface area contributed by atoms with Gasteiger partial charge in [-0.3, -0.25) is 9.79 Å². The Morgan fingerprint density at radius 1 is 0.920 bits per heavy atom. The van der Waals surface area contributed by atoms with E-state index in [0.717, 1.165) is 38.6 Å². The zero-order valence-corrected chi connectivity index (χ0v) is 17.2. The first-order chi connectivity index (χ1) is 12.0. The van der Waals surface area contributed by atoms with Crippen molar-refractivity contribution in [2.45, 2.75) is 59.3 Å². The predicted octanol–water partition coefficient (Wildman–Crippen LogP) is 2.31. The Kier molecular flexibility index (Phi) is 15.3. The third-order valence-corrected chi connectivity index (χ3v) is 4.13. The van der Waals surface area contributed by atoms with E-state index < -0.39 is 0 Å². The monoisotopic (exact) mass is 355 g/mol. The quantitative estimate of drug-likeness (QED) is 0.285. The lowest BCUT2D eigenvalue weighted by Gasteiger charge is -2.19. The summed E-state index contributed by atoms with van der Waals surface area (Å²) in [6.45, 7) is 11.1. The van der Waals surface area contributed by atoms with Crippen LogP contribution in [0.2, 0.25) is 0 Å². The third-order valence-electron chi connectivity index (χ3n) is 4.13. The number of aliphatic imine (C=N–C) groups is 1. The molecule has 6 heteroatoms. The zero-order chi connectivity index (χ0) is 18.9. The molecule has 1 amide bonds. The molecule has 0 aromatic carbocycles. The molecule has 0 aliphatic rings. The highest BCUT2D eigenvalue weighted by atomic mass is 16.2. The van der Waals surface area contributed by atoms with Crippen LogP contribution in [0.3, 0.4) is 0 Å². The average Bonchev–Trinajstić information content (AvgIpc) is 2.58. The predicted molar refractivity (Wildman–Crippen MR) is 108 cm³/mol. The van der Waals surface area contributed by atoms with Crippen LogP contribution in [0.4, 0.5) is 0 Å². The van der Waals surface area contributed by atoms with E-state index in [1.54, 1.807) is 0 Å². The minimum atomic E-state index is 0.200. The number of nitrogens with one attached hydrogen (secondary N) is 2. The first-order valence-corrected chi connectivity index (χ1v) is 9.99. The number of hydrogen-bond donors (Lipinski definition) is 2. The van der Waals surface area contributed by atoms with E-state index in [0.29, 0.717) is 13.0 Å². The molecule has 0 rings (SSSR count). The van der Waals surface area contributed by atoms with Gasteiger partial charge in [-0.05, 0) is 54.3 Å². The van der Waals surface area contributed by atoms with Crippen molar-refractivity contribution in [3.8, 4) is 0 Å². The van der Waals surface area contributed by atoms with Gasteiger partial charge in [-0.15, -0.1) is 0 Å². The Morgan fingerprint density at radius 2 is 1.56 bits per heavy atom. The normalized spacial score (nSPS) is 11.7. The number of guanidine groups is 1. The minimum absolute atomic E-state index is 0.200. The molecule has 0 aliphatic carbocycles. The van der Waals surface area contributed by atoms with Gasteiger partial charge in [0.25, 0.3) is 0 Å². The maximum atomic E-state index is 12.0. The minimum Gasteiger partial charge on any atom is -0.357 e. The van der Waals surface area contributed by atoms with E-state index in [2.05, 4.69) is 41.5 Å². The topological polar surface area (TPSA) is 60.0 Å². The lowest BCUT2D eigenvalue weighted by molar-refractivity contribution is -0.130. The smallest absolute Gasteiger partial charge is 0.224 e. The summed E-state index contributed by atoms with van der Waals surface area (Å²) in [5, 5.41) is 6.51. The molecule has 0 atom stereocenters. The van der Waals surface area contributed by atoms with Crippen LogP contribution in [0.1, 0.15) is 59.3 Å². The van der Waals surface area contributed by atoms with E-state index in [4.69, 9.17) is 0 Å². The fraction of sp³-hybridized carbons (Fsp3) is 0.895. The Labute approximate surface area is 155 Å². The van der Waals surface area contributed by atoms with E-state index in [-0.39, 0.29) is 5.91 Å². The van der Waals surface area contributed by atoms with E-state index >= 15 is 0 Å². The molecule has 0 spiro atoms. The van der Waals surface area contributed by atoms with Gasteiger partial charge in [-0.25, -0.2) is 0 Å². The van der Waals surface area contributed by atoms with Crippen molar-refractivity contribution in [3.63, 3.8) is 0 Å². The number of unbranched alkanes of at least 4 members (excludes halogenated alkanes) is 4. The molecule has 0 bridgehead atoms. The van der Waals surface area contributed by atoms with Gasteiger partial charge >= 0.3 is 0 Å². The van der Waals surface area contributed by atoms with Crippen LogP contribution in [0.5, 0.6) is 0 Å². The largest absolute Gasteiger partial charge is 0.357 e. The van der Waals surface area contributed by atoms with Crippen molar-refractivity contribution in [2.75, 3.05) is 53.4 Å². The molecule has 0 aromatic rings. The van der Waals surface area contributed by atoms with Gasteiger partial charge < -0.3 is 20.4 Å². The number of amides is 1. The Balaban J connectivity index is 3.91. The maximum absolute atomic E-state index is 12.0. The molecule has 0 aromatic heterocycles. The van der Waals surface area contributed by atoms with Crippen LogP contribution >= 0.6 is 0 Å². The molecule has 0 unspecified atom stereocenters. The number of rotatable bonds is 14. The molecule has 0 heterocycles. The number of nitrogens with zero attached hydrogens (tertiary/aromatic N) is 3. The van der Waals surface area contributed by atoms with Gasteiger partial charge in [0.1, 0.15) is 0 Å². The van der Waals surface area contributed by atoms with Crippen LogP contribution in [0.15, 0.2) is 4.99 Å². The van der Waals surface area contributed by atoms with Crippen LogP contribution < -0.4 is 10.6 Å². The van der Waals surface area contributed by atoms with Crippen molar-refractivity contribution in [1.29, 1.82) is 0 Å². The summed E-state index contributed by atoms with van der Waals surface area (Å²) in [5.41, 5.74) is 0. The van der Waals surface area contributed by atoms with Crippen molar-refractivity contribution in [2.24, 2.45) is 4.99 Å². The van der Waals surface area contributed by atoms with Crippen molar-refractivity contribution >= 4 is 11.9 Å². The lowest BCUT2D eigenvalue weighted by atomic mass is 10.1. The molecule has 0 saturated carbocycles. The molecular formula is C19H41N5O. The number of carbonyl (C=O) groups excluding carboxylic acids is 1. The van der Waals surface area contributed by atoms with Gasteiger partial charge in [-0.2, -0.15) is 0 Å². The molecule has 6 nitrogen and oxygen atoms in total. The molecule has 2 N–H and O–H groups in total. The van der Waals surface area contributed by atoms with E-state index in [1.807, 2.05) is 18.7 Å². The summed E-state index contributed by atoms with van der Waals surface area (Å²) in [7, 11) is 4.25. The molecule has 0 aliphatic heterocycles. The maximum Gasteiger partial charge on any atom is 0.224 e. The van der Waals surface area contributed by atoms with Crippen molar-refractivity contribution in [1.82, 2.24) is 20.4 Å². The Bertz CT molecular complexity index is 354. The second-order valence-electron chi connectivity index (χ2n) is 6.57. The lowest BCUT2D eigenvalue weighted by Crippen LogP contribution is -2.40. The fourth-order valence-electron chi connectivity index (χ4n) is 2.63. The zero-order valence-electron chi connectivity index (χ0n) is 17.2. The molecule has 148 valence electrons. The molecular weight excluding hydrogens is 314 g/mol. The van der Waals surface area contributed by atoms with Gasteiger partial charge in [0.05, 0.1) is 0 Å². The second-order valence-corrected chi connectivity index (χ2v) is 6.57. The van der Waals surface area contributed by atoms with E-state index in [9.17, 15) is 4.79 Å². The molecule has 0 fully saturated rings. The summed E-state index contributed by atoms with van der Waals surface area (Å²) in [5.74, 6) is 1.02. The highest BCUT2D eigenvalue weighted by Gasteiger charge is 2.08. The van der Waals surface area contributed by atoms with Gasteiger partial charge in [0, 0.05) is 39.1 Å².